The SMILES string of the molecule is Cc1cc(C(=O)O)c(C)n1CC(C)C(C)C. The largest absolute Gasteiger partial charge is 0.478 e. The van der Waals surface area contributed by atoms with Gasteiger partial charge in [-0.3, -0.25) is 0 Å². The number of aryl methyl sites for hydroxylation is 1. The first-order chi connectivity index (χ1) is 7.34. The van der Waals surface area contributed by atoms with Gasteiger partial charge in [0.1, 0.15) is 0 Å². The van der Waals surface area contributed by atoms with Gasteiger partial charge in [0, 0.05) is 17.9 Å². The van der Waals surface area contributed by atoms with Crippen molar-refractivity contribution in [3.8, 4) is 0 Å². The lowest BCUT2D eigenvalue weighted by Gasteiger charge is -2.19. The van der Waals surface area contributed by atoms with E-state index in [2.05, 4.69) is 25.3 Å². The Labute approximate surface area is 97.1 Å². The average Bonchev–Trinajstić information content (AvgIpc) is 2.45. The maximum Gasteiger partial charge on any atom is 0.337 e. The molecule has 90 valence electrons. The first-order valence-corrected chi connectivity index (χ1v) is 5.74. The summed E-state index contributed by atoms with van der Waals surface area (Å²) >= 11 is 0. The number of carboxylic acid groups (broad SMARTS) is 1. The maximum atomic E-state index is 11.0. The van der Waals surface area contributed by atoms with Crippen LogP contribution in [0.1, 0.15) is 42.5 Å². The van der Waals surface area contributed by atoms with Gasteiger partial charge in [-0.2, -0.15) is 0 Å². The first kappa shape index (κ1) is 12.8. The summed E-state index contributed by atoms with van der Waals surface area (Å²) in [5.41, 5.74) is 2.31. The molecule has 0 saturated heterocycles. The Hall–Kier alpha value is -1.25. The summed E-state index contributed by atoms with van der Waals surface area (Å²) in [6.45, 7) is 11.3. The molecule has 0 aliphatic rings. The van der Waals surface area contributed by atoms with Gasteiger partial charge in [0.05, 0.1) is 5.56 Å². The van der Waals surface area contributed by atoms with Crippen LogP contribution < -0.4 is 0 Å². The van der Waals surface area contributed by atoms with Gasteiger partial charge >= 0.3 is 5.97 Å². The van der Waals surface area contributed by atoms with Crippen molar-refractivity contribution in [2.75, 3.05) is 0 Å². The fourth-order valence-corrected chi connectivity index (χ4v) is 1.80. The van der Waals surface area contributed by atoms with Gasteiger partial charge in [0.2, 0.25) is 0 Å². The highest BCUT2D eigenvalue weighted by Gasteiger charge is 2.16. The molecule has 0 amide bonds. The Balaban J connectivity index is 3.01. The number of rotatable bonds is 4. The Bertz CT molecular complexity index is 391. The van der Waals surface area contributed by atoms with E-state index in [0.29, 0.717) is 17.4 Å². The van der Waals surface area contributed by atoms with Crippen LogP contribution in [-0.2, 0) is 6.54 Å². The zero-order valence-electron chi connectivity index (χ0n) is 10.7. The minimum atomic E-state index is -0.837. The number of hydrogen-bond donors (Lipinski definition) is 1. The molecule has 3 nitrogen and oxygen atoms in total. The van der Waals surface area contributed by atoms with Crippen LogP contribution in [0.5, 0.6) is 0 Å². The smallest absolute Gasteiger partial charge is 0.337 e. The Morgan fingerprint density at radius 3 is 2.31 bits per heavy atom. The van der Waals surface area contributed by atoms with Crippen molar-refractivity contribution in [2.24, 2.45) is 11.8 Å². The highest BCUT2D eigenvalue weighted by Crippen LogP contribution is 2.19. The number of aromatic nitrogens is 1. The highest BCUT2D eigenvalue weighted by atomic mass is 16.4. The van der Waals surface area contributed by atoms with Gasteiger partial charge in [0.15, 0.2) is 0 Å². The predicted octanol–water partition coefficient (Wildman–Crippen LogP) is 3.10. The second-order valence-electron chi connectivity index (χ2n) is 4.92. The summed E-state index contributed by atoms with van der Waals surface area (Å²) in [7, 11) is 0. The summed E-state index contributed by atoms with van der Waals surface area (Å²) in [5.74, 6) is 0.317. The normalized spacial score (nSPS) is 13.1. The molecule has 0 bridgehead atoms. The third kappa shape index (κ3) is 2.46. The molecule has 1 atom stereocenters. The fraction of sp³-hybridized carbons (Fsp3) is 0.615. The first-order valence-electron chi connectivity index (χ1n) is 5.74. The molecule has 16 heavy (non-hydrogen) atoms. The van der Waals surface area contributed by atoms with Crippen molar-refractivity contribution < 1.29 is 9.90 Å². The van der Waals surface area contributed by atoms with Gasteiger partial charge in [0.25, 0.3) is 0 Å². The zero-order valence-corrected chi connectivity index (χ0v) is 10.7. The van der Waals surface area contributed by atoms with Crippen LogP contribution in [0.4, 0.5) is 0 Å². The standard InChI is InChI=1S/C13H21NO2/c1-8(2)9(3)7-14-10(4)6-12(11(14)5)13(15)16/h6,8-9H,7H2,1-5H3,(H,15,16). The van der Waals surface area contributed by atoms with Crippen molar-refractivity contribution in [1.29, 1.82) is 0 Å². The monoisotopic (exact) mass is 223 g/mol. The summed E-state index contributed by atoms with van der Waals surface area (Å²) < 4.78 is 2.11. The molecule has 1 heterocycles. The van der Waals surface area contributed by atoms with Crippen molar-refractivity contribution in [3.63, 3.8) is 0 Å². The minimum absolute atomic E-state index is 0.424. The molecule has 0 aliphatic carbocycles. The second kappa shape index (κ2) is 4.73. The fourth-order valence-electron chi connectivity index (χ4n) is 1.80. The van der Waals surface area contributed by atoms with Crippen molar-refractivity contribution >= 4 is 5.97 Å². The highest BCUT2D eigenvalue weighted by molar-refractivity contribution is 5.89. The molecule has 1 unspecified atom stereocenters. The Kier molecular flexibility index (Phi) is 3.79. The van der Waals surface area contributed by atoms with Crippen LogP contribution in [0.3, 0.4) is 0 Å². The second-order valence-corrected chi connectivity index (χ2v) is 4.92. The van der Waals surface area contributed by atoms with Crippen molar-refractivity contribution in [2.45, 2.75) is 41.2 Å². The van der Waals surface area contributed by atoms with E-state index in [4.69, 9.17) is 5.11 Å². The average molecular weight is 223 g/mol. The molecule has 3 heteroatoms. The van der Waals surface area contributed by atoms with Crippen LogP contribution in [-0.4, -0.2) is 15.6 Å². The van der Waals surface area contributed by atoms with Crippen LogP contribution in [0.25, 0.3) is 0 Å². The third-order valence-electron chi connectivity index (χ3n) is 3.41. The Morgan fingerprint density at radius 1 is 1.38 bits per heavy atom. The molecule has 0 aromatic carbocycles. The van der Waals surface area contributed by atoms with E-state index in [9.17, 15) is 4.79 Å². The zero-order chi connectivity index (χ0) is 12.5. The van der Waals surface area contributed by atoms with Gasteiger partial charge in [-0.25, -0.2) is 4.79 Å². The number of carboxylic acids is 1. The molecule has 0 spiro atoms. The number of nitrogens with zero attached hydrogens (tertiary/aromatic N) is 1. The summed E-state index contributed by atoms with van der Waals surface area (Å²) in [5, 5.41) is 9.03. The van der Waals surface area contributed by atoms with E-state index in [1.165, 1.54) is 0 Å². The Morgan fingerprint density at radius 2 is 1.94 bits per heavy atom. The van der Waals surface area contributed by atoms with Gasteiger partial charge in [-0.05, 0) is 31.7 Å². The van der Waals surface area contributed by atoms with E-state index in [-0.39, 0.29) is 0 Å². The van der Waals surface area contributed by atoms with E-state index in [0.717, 1.165) is 17.9 Å². The lowest BCUT2D eigenvalue weighted by atomic mass is 9.98. The van der Waals surface area contributed by atoms with Crippen LogP contribution in [0.15, 0.2) is 6.07 Å². The van der Waals surface area contributed by atoms with E-state index in [1.54, 1.807) is 6.07 Å². The maximum absolute atomic E-state index is 11.0. The van der Waals surface area contributed by atoms with Gasteiger partial charge in [-0.15, -0.1) is 0 Å². The van der Waals surface area contributed by atoms with Crippen LogP contribution in [0, 0.1) is 25.7 Å². The van der Waals surface area contributed by atoms with Crippen LogP contribution in [0.2, 0.25) is 0 Å². The van der Waals surface area contributed by atoms with Crippen molar-refractivity contribution in [1.82, 2.24) is 4.57 Å². The molecule has 0 aliphatic heterocycles. The van der Waals surface area contributed by atoms with Gasteiger partial charge in [-0.1, -0.05) is 20.8 Å². The van der Waals surface area contributed by atoms with Crippen molar-refractivity contribution in [3.05, 3.63) is 23.0 Å². The van der Waals surface area contributed by atoms with Crippen LogP contribution >= 0.6 is 0 Å². The molecule has 0 radical (unpaired) electrons. The molecular formula is C13H21NO2. The molecular weight excluding hydrogens is 202 g/mol. The third-order valence-corrected chi connectivity index (χ3v) is 3.41. The molecule has 1 N–H and O–H groups in total. The lowest BCUT2D eigenvalue weighted by molar-refractivity contribution is 0.0696. The molecule has 1 aromatic heterocycles. The van der Waals surface area contributed by atoms with E-state index < -0.39 is 5.97 Å². The van der Waals surface area contributed by atoms with Gasteiger partial charge < -0.3 is 9.67 Å². The summed E-state index contributed by atoms with van der Waals surface area (Å²) in [4.78, 5) is 11.0. The summed E-state index contributed by atoms with van der Waals surface area (Å²) in [6, 6.07) is 1.75. The molecule has 1 aromatic rings. The molecule has 1 rings (SSSR count). The number of aromatic carboxylic acids is 1. The van der Waals surface area contributed by atoms with E-state index in [1.807, 2.05) is 13.8 Å². The molecule has 0 fully saturated rings. The predicted molar refractivity (Wildman–Crippen MR) is 64.9 cm³/mol. The summed E-state index contributed by atoms with van der Waals surface area (Å²) in [6.07, 6.45) is 0. The minimum Gasteiger partial charge on any atom is -0.478 e. The quantitative estimate of drug-likeness (QED) is 0.852. The number of hydrogen-bond acceptors (Lipinski definition) is 1. The topological polar surface area (TPSA) is 42.2 Å². The van der Waals surface area contributed by atoms with E-state index >= 15 is 0 Å². The molecule has 0 saturated carbocycles. The number of carbonyl (C=O) groups is 1. The lowest BCUT2D eigenvalue weighted by Crippen LogP contribution is -2.15.